The second-order valence-corrected chi connectivity index (χ2v) is 4.54. The van der Waals surface area contributed by atoms with Crippen LogP contribution >= 0.6 is 0 Å². The van der Waals surface area contributed by atoms with Gasteiger partial charge in [0.1, 0.15) is 6.10 Å². The Hall–Kier alpha value is -1.46. The Morgan fingerprint density at radius 1 is 1.42 bits per heavy atom. The predicted octanol–water partition coefficient (Wildman–Crippen LogP) is 1.92. The molecule has 1 aliphatic heterocycles. The van der Waals surface area contributed by atoms with Crippen molar-refractivity contribution in [3.8, 4) is 5.75 Å². The van der Waals surface area contributed by atoms with Crippen LogP contribution in [0, 0.1) is 5.82 Å². The second kappa shape index (κ2) is 6.63. The lowest BCUT2D eigenvalue weighted by molar-refractivity contribution is 0.0240. The summed E-state index contributed by atoms with van der Waals surface area (Å²) in [4.78, 5) is 11.6. The molecule has 1 aliphatic rings. The molecule has 0 unspecified atom stereocenters. The lowest BCUT2D eigenvalue weighted by atomic mass is 10.1. The van der Waals surface area contributed by atoms with Crippen LogP contribution in [-0.2, 0) is 4.74 Å². The number of nitrogens with two attached hydrogens (primary N) is 1. The standard InChI is InChI=1S/C14H18FNO3/c15-12-9-10(13(17)3-6-16)1-2-14(12)19-11-4-7-18-8-5-11/h1-2,9,11H,3-8,16H2. The fourth-order valence-corrected chi connectivity index (χ4v) is 2.02. The van der Waals surface area contributed by atoms with Gasteiger partial charge < -0.3 is 15.2 Å². The molecule has 1 heterocycles. The summed E-state index contributed by atoms with van der Waals surface area (Å²) in [7, 11) is 0. The molecule has 0 atom stereocenters. The van der Waals surface area contributed by atoms with E-state index in [0.717, 1.165) is 12.8 Å². The summed E-state index contributed by atoms with van der Waals surface area (Å²) in [5.41, 5.74) is 5.64. The molecule has 0 saturated carbocycles. The number of Topliss-reactive ketones (excluding diaryl/α,β-unsaturated/α-hetero) is 1. The molecule has 0 amide bonds. The van der Waals surface area contributed by atoms with Crippen molar-refractivity contribution >= 4 is 5.78 Å². The first-order valence-electron chi connectivity index (χ1n) is 6.48. The zero-order valence-corrected chi connectivity index (χ0v) is 10.7. The van der Waals surface area contributed by atoms with Crippen LogP contribution in [0.15, 0.2) is 18.2 Å². The van der Waals surface area contributed by atoms with Crippen molar-refractivity contribution in [1.82, 2.24) is 0 Å². The van der Waals surface area contributed by atoms with E-state index in [1.54, 1.807) is 6.07 Å². The van der Waals surface area contributed by atoms with Gasteiger partial charge in [-0.15, -0.1) is 0 Å². The van der Waals surface area contributed by atoms with E-state index >= 15 is 0 Å². The van der Waals surface area contributed by atoms with E-state index in [9.17, 15) is 9.18 Å². The van der Waals surface area contributed by atoms with E-state index in [1.807, 2.05) is 0 Å². The van der Waals surface area contributed by atoms with Gasteiger partial charge in [0.25, 0.3) is 0 Å². The average molecular weight is 267 g/mol. The van der Waals surface area contributed by atoms with Gasteiger partial charge in [-0.3, -0.25) is 4.79 Å². The number of halogens is 1. The molecule has 19 heavy (non-hydrogen) atoms. The second-order valence-electron chi connectivity index (χ2n) is 4.54. The van der Waals surface area contributed by atoms with Crippen LogP contribution < -0.4 is 10.5 Å². The summed E-state index contributed by atoms with van der Waals surface area (Å²) in [5.74, 6) is -0.468. The third-order valence-electron chi connectivity index (χ3n) is 3.09. The van der Waals surface area contributed by atoms with Crippen molar-refractivity contribution in [3.05, 3.63) is 29.6 Å². The Balaban J connectivity index is 2.04. The minimum atomic E-state index is -0.505. The largest absolute Gasteiger partial charge is 0.487 e. The lowest BCUT2D eigenvalue weighted by Gasteiger charge is -2.23. The van der Waals surface area contributed by atoms with E-state index < -0.39 is 5.82 Å². The minimum absolute atomic E-state index is 0.0196. The Bertz CT molecular complexity index is 444. The fourth-order valence-electron chi connectivity index (χ4n) is 2.02. The molecule has 1 aromatic rings. The minimum Gasteiger partial charge on any atom is -0.487 e. The molecule has 0 aliphatic carbocycles. The molecule has 0 spiro atoms. The number of hydrogen-bond acceptors (Lipinski definition) is 4. The summed E-state index contributed by atoms with van der Waals surface area (Å²) < 4.78 is 24.7. The number of ketones is 1. The van der Waals surface area contributed by atoms with Gasteiger partial charge in [-0.25, -0.2) is 4.39 Å². The average Bonchev–Trinajstić information content (AvgIpc) is 2.42. The molecule has 2 N–H and O–H groups in total. The predicted molar refractivity (Wildman–Crippen MR) is 68.9 cm³/mol. The fraction of sp³-hybridized carbons (Fsp3) is 0.500. The number of benzene rings is 1. The highest BCUT2D eigenvalue weighted by molar-refractivity contribution is 5.96. The van der Waals surface area contributed by atoms with Gasteiger partial charge in [-0.2, -0.15) is 0 Å². The Labute approximate surface area is 111 Å². The van der Waals surface area contributed by atoms with E-state index in [2.05, 4.69) is 0 Å². The first-order chi connectivity index (χ1) is 9.20. The SMILES string of the molecule is NCCC(=O)c1ccc(OC2CCOCC2)c(F)c1. The summed E-state index contributed by atoms with van der Waals surface area (Å²) in [6.07, 6.45) is 1.72. The molecule has 4 nitrogen and oxygen atoms in total. The number of hydrogen-bond donors (Lipinski definition) is 1. The normalized spacial score (nSPS) is 16.3. The zero-order valence-electron chi connectivity index (χ0n) is 10.7. The van der Waals surface area contributed by atoms with Gasteiger partial charge >= 0.3 is 0 Å². The Kier molecular flexibility index (Phi) is 4.87. The van der Waals surface area contributed by atoms with Crippen LogP contribution in [0.25, 0.3) is 0 Å². The monoisotopic (exact) mass is 267 g/mol. The topological polar surface area (TPSA) is 61.6 Å². The van der Waals surface area contributed by atoms with E-state index in [0.29, 0.717) is 18.8 Å². The van der Waals surface area contributed by atoms with Crippen molar-refractivity contribution in [1.29, 1.82) is 0 Å². The third-order valence-corrected chi connectivity index (χ3v) is 3.09. The molecule has 2 rings (SSSR count). The highest BCUT2D eigenvalue weighted by Crippen LogP contribution is 2.23. The van der Waals surface area contributed by atoms with Crippen molar-refractivity contribution in [3.63, 3.8) is 0 Å². The molecule has 5 heteroatoms. The number of carbonyl (C=O) groups excluding carboxylic acids is 1. The highest BCUT2D eigenvalue weighted by atomic mass is 19.1. The van der Waals surface area contributed by atoms with Crippen molar-refractivity contribution in [2.45, 2.75) is 25.4 Å². The molecule has 0 radical (unpaired) electrons. The first kappa shape index (κ1) is 14.0. The van der Waals surface area contributed by atoms with Gasteiger partial charge in [0.15, 0.2) is 17.3 Å². The van der Waals surface area contributed by atoms with Crippen LogP contribution in [0.4, 0.5) is 4.39 Å². The molecule has 104 valence electrons. The summed E-state index contributed by atoms with van der Waals surface area (Å²) in [6, 6.07) is 4.30. The molecule has 0 aromatic heterocycles. The molecule has 1 saturated heterocycles. The Morgan fingerprint density at radius 3 is 2.79 bits per heavy atom. The van der Waals surface area contributed by atoms with Crippen LogP contribution in [0.2, 0.25) is 0 Å². The maximum Gasteiger partial charge on any atom is 0.165 e. The number of rotatable bonds is 5. The molecular formula is C14H18FNO3. The van der Waals surface area contributed by atoms with Gasteiger partial charge in [-0.05, 0) is 24.7 Å². The smallest absolute Gasteiger partial charge is 0.165 e. The first-order valence-corrected chi connectivity index (χ1v) is 6.48. The zero-order chi connectivity index (χ0) is 13.7. The number of carbonyl (C=O) groups is 1. The van der Waals surface area contributed by atoms with Gasteiger partial charge in [0.05, 0.1) is 13.2 Å². The Morgan fingerprint density at radius 2 is 2.16 bits per heavy atom. The highest BCUT2D eigenvalue weighted by Gasteiger charge is 2.17. The van der Waals surface area contributed by atoms with Crippen LogP contribution in [0.5, 0.6) is 5.75 Å². The third kappa shape index (κ3) is 3.75. The van der Waals surface area contributed by atoms with Crippen LogP contribution in [-0.4, -0.2) is 31.6 Å². The van der Waals surface area contributed by atoms with Gasteiger partial charge in [0, 0.05) is 24.8 Å². The molecular weight excluding hydrogens is 249 g/mol. The lowest BCUT2D eigenvalue weighted by Crippen LogP contribution is -2.26. The maximum atomic E-state index is 13.9. The van der Waals surface area contributed by atoms with E-state index in [4.69, 9.17) is 15.2 Å². The molecule has 1 fully saturated rings. The van der Waals surface area contributed by atoms with E-state index in [-0.39, 0.29) is 30.6 Å². The van der Waals surface area contributed by atoms with Gasteiger partial charge in [-0.1, -0.05) is 0 Å². The number of ether oxygens (including phenoxy) is 2. The van der Waals surface area contributed by atoms with Crippen molar-refractivity contribution in [2.24, 2.45) is 5.73 Å². The van der Waals surface area contributed by atoms with Crippen molar-refractivity contribution < 1.29 is 18.7 Å². The summed E-state index contributed by atoms with van der Waals surface area (Å²) in [5, 5.41) is 0. The van der Waals surface area contributed by atoms with Gasteiger partial charge in [0.2, 0.25) is 0 Å². The quantitative estimate of drug-likeness (QED) is 0.828. The van der Waals surface area contributed by atoms with Crippen molar-refractivity contribution in [2.75, 3.05) is 19.8 Å². The van der Waals surface area contributed by atoms with Crippen LogP contribution in [0.1, 0.15) is 29.6 Å². The van der Waals surface area contributed by atoms with Crippen LogP contribution in [0.3, 0.4) is 0 Å². The molecule has 0 bridgehead atoms. The molecule has 1 aromatic carbocycles. The summed E-state index contributed by atoms with van der Waals surface area (Å²) >= 11 is 0. The maximum absolute atomic E-state index is 13.9. The van der Waals surface area contributed by atoms with E-state index in [1.165, 1.54) is 12.1 Å². The summed E-state index contributed by atoms with van der Waals surface area (Å²) in [6.45, 7) is 1.54.